The number of ketones is 1. The van der Waals surface area contributed by atoms with Crippen LogP contribution in [0.2, 0.25) is 0 Å². The van der Waals surface area contributed by atoms with Gasteiger partial charge in [0.25, 0.3) is 0 Å². The van der Waals surface area contributed by atoms with Crippen LogP contribution in [-0.4, -0.2) is 36.7 Å². The van der Waals surface area contributed by atoms with Gasteiger partial charge in [-0.15, -0.1) is 0 Å². The molecule has 0 fully saturated rings. The molecule has 22 heavy (non-hydrogen) atoms. The predicted molar refractivity (Wildman–Crippen MR) is 89.9 cm³/mol. The van der Waals surface area contributed by atoms with Gasteiger partial charge < -0.3 is 0 Å². The topological polar surface area (TPSA) is 61.4 Å². The standard InChI is InChI=1S/C17H27N3O2/c1-3-5-11-20(12-6-4-2)13-17(22)15-7-9-16(10-8-15)19-18-14-21/h7-10,14,19H,3-6,11-13H2,1-2H3,(H,18,21). The van der Waals surface area contributed by atoms with E-state index in [0.717, 1.165) is 44.5 Å². The van der Waals surface area contributed by atoms with E-state index >= 15 is 0 Å². The second-order valence-corrected chi connectivity index (χ2v) is 5.37. The molecule has 0 bridgehead atoms. The number of hydrazine groups is 1. The molecule has 0 radical (unpaired) electrons. The lowest BCUT2D eigenvalue weighted by atomic mass is 10.1. The van der Waals surface area contributed by atoms with Gasteiger partial charge in [0.05, 0.1) is 12.2 Å². The summed E-state index contributed by atoms with van der Waals surface area (Å²) in [4.78, 5) is 24.8. The van der Waals surface area contributed by atoms with Crippen LogP contribution in [-0.2, 0) is 4.79 Å². The fourth-order valence-corrected chi connectivity index (χ4v) is 2.18. The van der Waals surface area contributed by atoms with Gasteiger partial charge in [-0.2, -0.15) is 0 Å². The van der Waals surface area contributed by atoms with Crippen LogP contribution in [0.15, 0.2) is 24.3 Å². The summed E-state index contributed by atoms with van der Waals surface area (Å²) in [5.41, 5.74) is 6.54. The van der Waals surface area contributed by atoms with Crippen molar-refractivity contribution >= 4 is 17.9 Å². The van der Waals surface area contributed by atoms with Gasteiger partial charge >= 0.3 is 0 Å². The Balaban J connectivity index is 2.57. The molecule has 0 atom stereocenters. The van der Waals surface area contributed by atoms with Gasteiger partial charge in [-0.25, -0.2) is 0 Å². The highest BCUT2D eigenvalue weighted by Crippen LogP contribution is 2.10. The van der Waals surface area contributed by atoms with Crippen molar-refractivity contribution < 1.29 is 9.59 Å². The second-order valence-electron chi connectivity index (χ2n) is 5.37. The maximum absolute atomic E-state index is 12.4. The van der Waals surface area contributed by atoms with E-state index in [-0.39, 0.29) is 5.78 Å². The number of nitrogens with one attached hydrogen (secondary N) is 2. The number of rotatable bonds is 12. The summed E-state index contributed by atoms with van der Waals surface area (Å²) >= 11 is 0. The average molecular weight is 305 g/mol. The fourth-order valence-electron chi connectivity index (χ4n) is 2.18. The average Bonchev–Trinajstić information content (AvgIpc) is 2.55. The number of unbranched alkanes of at least 4 members (excludes halogenated alkanes) is 2. The molecular formula is C17H27N3O2. The van der Waals surface area contributed by atoms with E-state index in [9.17, 15) is 9.59 Å². The van der Waals surface area contributed by atoms with Crippen molar-refractivity contribution in [3.63, 3.8) is 0 Å². The minimum Gasteiger partial charge on any atom is -0.299 e. The van der Waals surface area contributed by atoms with Crippen molar-refractivity contribution in [2.75, 3.05) is 25.1 Å². The first kappa shape index (κ1) is 18.2. The van der Waals surface area contributed by atoms with E-state index in [4.69, 9.17) is 0 Å². The van der Waals surface area contributed by atoms with Gasteiger partial charge in [0.1, 0.15) is 0 Å². The van der Waals surface area contributed by atoms with Gasteiger partial charge in [-0.05, 0) is 50.2 Å². The summed E-state index contributed by atoms with van der Waals surface area (Å²) in [5.74, 6) is 0.141. The Labute approximate surface area is 133 Å². The molecule has 1 aromatic carbocycles. The van der Waals surface area contributed by atoms with Crippen LogP contribution in [0.1, 0.15) is 49.9 Å². The number of anilines is 1. The van der Waals surface area contributed by atoms with Gasteiger partial charge in [0.2, 0.25) is 6.41 Å². The Morgan fingerprint density at radius 2 is 1.68 bits per heavy atom. The molecule has 2 N–H and O–H groups in total. The van der Waals surface area contributed by atoms with Crippen LogP contribution < -0.4 is 10.9 Å². The van der Waals surface area contributed by atoms with E-state index in [1.165, 1.54) is 0 Å². The summed E-state index contributed by atoms with van der Waals surface area (Å²) in [7, 11) is 0. The molecule has 0 heterocycles. The first-order valence-corrected chi connectivity index (χ1v) is 8.02. The molecule has 0 aliphatic carbocycles. The number of nitrogens with zero attached hydrogens (tertiary/aromatic N) is 1. The zero-order valence-electron chi connectivity index (χ0n) is 13.6. The zero-order valence-corrected chi connectivity index (χ0v) is 13.6. The lowest BCUT2D eigenvalue weighted by Crippen LogP contribution is -2.31. The normalized spacial score (nSPS) is 10.5. The molecule has 0 unspecified atom stereocenters. The minimum absolute atomic E-state index is 0.141. The quantitative estimate of drug-likeness (QED) is 0.354. The molecule has 0 spiro atoms. The second kappa shape index (κ2) is 10.8. The number of Topliss-reactive ketones (excluding diaryl/α,β-unsaturated/α-hetero) is 1. The molecule has 0 saturated heterocycles. The van der Waals surface area contributed by atoms with Crippen LogP contribution in [0.3, 0.4) is 0 Å². The molecule has 5 nitrogen and oxygen atoms in total. The Morgan fingerprint density at radius 1 is 1.09 bits per heavy atom. The molecular weight excluding hydrogens is 278 g/mol. The van der Waals surface area contributed by atoms with E-state index in [2.05, 4.69) is 29.6 Å². The van der Waals surface area contributed by atoms with Crippen molar-refractivity contribution in [2.45, 2.75) is 39.5 Å². The van der Waals surface area contributed by atoms with E-state index in [0.29, 0.717) is 18.5 Å². The van der Waals surface area contributed by atoms with Crippen molar-refractivity contribution in [3.05, 3.63) is 29.8 Å². The largest absolute Gasteiger partial charge is 0.299 e. The summed E-state index contributed by atoms with van der Waals surface area (Å²) in [6, 6.07) is 7.14. The Bertz CT molecular complexity index is 438. The van der Waals surface area contributed by atoms with E-state index in [1.54, 1.807) is 24.3 Å². The molecule has 122 valence electrons. The van der Waals surface area contributed by atoms with Crippen molar-refractivity contribution in [3.8, 4) is 0 Å². The first-order valence-electron chi connectivity index (χ1n) is 8.02. The number of carbonyl (C=O) groups is 2. The first-order chi connectivity index (χ1) is 10.7. The highest BCUT2D eigenvalue weighted by molar-refractivity contribution is 5.97. The van der Waals surface area contributed by atoms with Gasteiger partial charge in [0, 0.05) is 5.56 Å². The molecule has 1 rings (SSSR count). The predicted octanol–water partition coefficient (Wildman–Crippen LogP) is 2.84. The number of amides is 1. The van der Waals surface area contributed by atoms with Gasteiger partial charge in [-0.3, -0.25) is 25.3 Å². The zero-order chi connectivity index (χ0) is 16.2. The molecule has 0 aliphatic rings. The maximum Gasteiger partial charge on any atom is 0.225 e. The number of carbonyl (C=O) groups excluding carboxylic acids is 2. The molecule has 0 aliphatic heterocycles. The maximum atomic E-state index is 12.4. The summed E-state index contributed by atoms with van der Waals surface area (Å²) in [5, 5.41) is 0. The lowest BCUT2D eigenvalue weighted by molar-refractivity contribution is -0.109. The highest BCUT2D eigenvalue weighted by atomic mass is 16.1. The van der Waals surface area contributed by atoms with Crippen molar-refractivity contribution in [1.29, 1.82) is 0 Å². The molecule has 0 saturated carbocycles. The van der Waals surface area contributed by atoms with Gasteiger partial charge in [-0.1, -0.05) is 26.7 Å². The molecule has 1 aromatic rings. The van der Waals surface area contributed by atoms with Gasteiger partial charge in [0.15, 0.2) is 5.78 Å². The SMILES string of the molecule is CCCCN(CCCC)CC(=O)c1ccc(NNC=O)cc1. The lowest BCUT2D eigenvalue weighted by Gasteiger charge is -2.21. The van der Waals surface area contributed by atoms with Crippen LogP contribution in [0.5, 0.6) is 0 Å². The number of hydrogen-bond donors (Lipinski definition) is 2. The third-order valence-electron chi connectivity index (χ3n) is 3.51. The number of hydrogen-bond acceptors (Lipinski definition) is 4. The minimum atomic E-state index is 0.141. The molecule has 1 amide bonds. The van der Waals surface area contributed by atoms with E-state index in [1.807, 2.05) is 0 Å². The monoisotopic (exact) mass is 305 g/mol. The van der Waals surface area contributed by atoms with Crippen molar-refractivity contribution in [1.82, 2.24) is 10.3 Å². The van der Waals surface area contributed by atoms with Crippen LogP contribution >= 0.6 is 0 Å². The Morgan fingerprint density at radius 3 is 2.18 bits per heavy atom. The Hall–Kier alpha value is -1.88. The van der Waals surface area contributed by atoms with Crippen molar-refractivity contribution in [2.24, 2.45) is 0 Å². The smallest absolute Gasteiger partial charge is 0.225 e. The molecule has 0 aromatic heterocycles. The summed E-state index contributed by atoms with van der Waals surface area (Å²) in [6.07, 6.45) is 5.09. The van der Waals surface area contributed by atoms with Crippen LogP contribution in [0.25, 0.3) is 0 Å². The summed E-state index contributed by atoms with van der Waals surface area (Å²) < 4.78 is 0. The Kier molecular flexibility index (Phi) is 8.91. The number of benzene rings is 1. The third kappa shape index (κ3) is 6.72. The fraction of sp³-hybridized carbons (Fsp3) is 0.529. The third-order valence-corrected chi connectivity index (χ3v) is 3.51. The highest BCUT2D eigenvalue weighted by Gasteiger charge is 2.12. The van der Waals surface area contributed by atoms with Crippen LogP contribution in [0, 0.1) is 0 Å². The molecule has 5 heteroatoms. The van der Waals surface area contributed by atoms with E-state index < -0.39 is 0 Å². The van der Waals surface area contributed by atoms with Crippen LogP contribution in [0.4, 0.5) is 5.69 Å². The summed E-state index contributed by atoms with van der Waals surface area (Å²) in [6.45, 7) is 6.76.